The number of nitrogens with zero attached hydrogens (tertiary/aromatic N) is 2. The smallest absolute Gasteiger partial charge is 0.254 e. The molecule has 2 unspecified atom stereocenters. The summed E-state index contributed by atoms with van der Waals surface area (Å²) in [6.07, 6.45) is 2.76. The topological polar surface area (TPSA) is 58.2 Å². The molecule has 2 heterocycles. The fraction of sp³-hybridized carbons (Fsp3) is 0.467. The molecule has 1 saturated heterocycles. The number of morpholine rings is 1. The Morgan fingerprint density at radius 3 is 3.20 bits per heavy atom. The van der Waals surface area contributed by atoms with Crippen LogP contribution in [0.3, 0.4) is 0 Å². The number of aromatic amines is 1. The predicted molar refractivity (Wildman–Crippen MR) is 76.6 cm³/mol. The van der Waals surface area contributed by atoms with Crippen LogP contribution in [0.25, 0.3) is 10.9 Å². The lowest BCUT2D eigenvalue weighted by Crippen LogP contribution is -2.51. The van der Waals surface area contributed by atoms with Crippen LogP contribution in [0.5, 0.6) is 0 Å². The van der Waals surface area contributed by atoms with Crippen molar-refractivity contribution in [3.8, 4) is 0 Å². The zero-order valence-corrected chi connectivity index (χ0v) is 11.8. The van der Waals surface area contributed by atoms with Crippen LogP contribution in [0.1, 0.15) is 30.6 Å². The maximum atomic E-state index is 12.7. The van der Waals surface area contributed by atoms with E-state index in [4.69, 9.17) is 4.74 Å². The minimum Gasteiger partial charge on any atom is -0.375 e. The molecule has 1 aliphatic rings. The molecule has 1 amide bonds. The molecule has 1 aromatic heterocycles. The third kappa shape index (κ3) is 2.29. The number of H-pyrrole nitrogens is 1. The summed E-state index contributed by atoms with van der Waals surface area (Å²) in [5, 5.41) is 7.91. The molecule has 106 valence electrons. The van der Waals surface area contributed by atoms with Gasteiger partial charge in [0, 0.05) is 17.5 Å². The van der Waals surface area contributed by atoms with Gasteiger partial charge in [0.2, 0.25) is 0 Å². The van der Waals surface area contributed by atoms with Gasteiger partial charge in [-0.1, -0.05) is 13.0 Å². The molecule has 2 aromatic rings. The van der Waals surface area contributed by atoms with Gasteiger partial charge in [0.15, 0.2) is 0 Å². The minimum atomic E-state index is 0.0727. The van der Waals surface area contributed by atoms with E-state index in [2.05, 4.69) is 17.1 Å². The Bertz CT molecular complexity index is 622. The summed E-state index contributed by atoms with van der Waals surface area (Å²) >= 11 is 0. The molecule has 0 bridgehead atoms. The zero-order chi connectivity index (χ0) is 14.1. The Labute approximate surface area is 117 Å². The summed E-state index contributed by atoms with van der Waals surface area (Å²) in [5.74, 6) is 0.0727. The van der Waals surface area contributed by atoms with E-state index in [1.165, 1.54) is 0 Å². The van der Waals surface area contributed by atoms with Crippen molar-refractivity contribution < 1.29 is 9.53 Å². The quantitative estimate of drug-likeness (QED) is 0.912. The van der Waals surface area contributed by atoms with Gasteiger partial charge in [0.25, 0.3) is 5.91 Å². The van der Waals surface area contributed by atoms with Crippen molar-refractivity contribution in [3.63, 3.8) is 0 Å². The lowest BCUT2D eigenvalue weighted by atomic mass is 10.1. The first kappa shape index (κ1) is 13.1. The number of benzene rings is 1. The summed E-state index contributed by atoms with van der Waals surface area (Å²) in [5.41, 5.74) is 1.60. The highest BCUT2D eigenvalue weighted by Gasteiger charge is 2.30. The molecule has 3 rings (SSSR count). The number of amides is 1. The normalized spacial score (nSPS) is 23.2. The fourth-order valence-electron chi connectivity index (χ4n) is 2.67. The minimum absolute atomic E-state index is 0.0727. The summed E-state index contributed by atoms with van der Waals surface area (Å²) in [6, 6.07) is 5.83. The van der Waals surface area contributed by atoms with E-state index in [0.717, 1.165) is 17.3 Å². The number of fused-ring (bicyclic) bond motifs is 1. The number of carbonyl (C=O) groups is 1. The number of rotatable bonds is 2. The van der Waals surface area contributed by atoms with E-state index in [-0.39, 0.29) is 18.1 Å². The van der Waals surface area contributed by atoms with E-state index >= 15 is 0 Å². The number of aromatic nitrogens is 2. The van der Waals surface area contributed by atoms with E-state index in [1.807, 2.05) is 30.0 Å². The molecule has 5 heteroatoms. The molecule has 5 nitrogen and oxygen atoms in total. The van der Waals surface area contributed by atoms with Gasteiger partial charge < -0.3 is 9.64 Å². The Morgan fingerprint density at radius 1 is 1.55 bits per heavy atom. The molecular weight excluding hydrogens is 254 g/mol. The number of nitrogens with one attached hydrogen (secondary N) is 1. The first-order valence-electron chi connectivity index (χ1n) is 7.04. The monoisotopic (exact) mass is 273 g/mol. The zero-order valence-electron chi connectivity index (χ0n) is 11.8. The van der Waals surface area contributed by atoms with Crippen LogP contribution < -0.4 is 0 Å². The van der Waals surface area contributed by atoms with Gasteiger partial charge in [0.05, 0.1) is 30.5 Å². The maximum absolute atomic E-state index is 12.7. The standard InChI is InChI=1S/C15H19N3O2/c1-3-13-9-20-10(2)8-18(13)15(19)11-4-5-12-7-16-17-14(12)6-11/h4-7,10,13H,3,8-9H2,1-2H3,(H,16,17). The number of hydrogen-bond donors (Lipinski definition) is 1. The van der Waals surface area contributed by atoms with Crippen LogP contribution in [0.4, 0.5) is 0 Å². The van der Waals surface area contributed by atoms with Crippen molar-refractivity contribution in [1.29, 1.82) is 0 Å². The predicted octanol–water partition coefficient (Wildman–Crippen LogP) is 2.20. The van der Waals surface area contributed by atoms with Gasteiger partial charge in [-0.05, 0) is 25.5 Å². The molecule has 0 saturated carbocycles. The second-order valence-electron chi connectivity index (χ2n) is 5.34. The molecule has 1 N–H and O–H groups in total. The van der Waals surface area contributed by atoms with E-state index in [9.17, 15) is 4.79 Å². The van der Waals surface area contributed by atoms with Crippen LogP contribution in [0, 0.1) is 0 Å². The highest BCUT2D eigenvalue weighted by Crippen LogP contribution is 2.20. The first-order valence-corrected chi connectivity index (χ1v) is 7.04. The van der Waals surface area contributed by atoms with E-state index < -0.39 is 0 Å². The Hall–Kier alpha value is -1.88. The summed E-state index contributed by atoms with van der Waals surface area (Å²) in [4.78, 5) is 14.7. The molecular formula is C15H19N3O2. The largest absolute Gasteiger partial charge is 0.375 e. The van der Waals surface area contributed by atoms with Gasteiger partial charge in [-0.3, -0.25) is 9.89 Å². The summed E-state index contributed by atoms with van der Waals surface area (Å²) in [7, 11) is 0. The SMILES string of the molecule is CCC1COC(C)CN1C(=O)c1ccc2cn[nH]c2c1. The summed E-state index contributed by atoms with van der Waals surface area (Å²) < 4.78 is 5.65. The van der Waals surface area contributed by atoms with Gasteiger partial charge in [-0.2, -0.15) is 5.10 Å². The van der Waals surface area contributed by atoms with E-state index in [1.54, 1.807) is 6.20 Å². The van der Waals surface area contributed by atoms with Crippen LogP contribution in [-0.4, -0.2) is 46.3 Å². The van der Waals surface area contributed by atoms with Crippen LogP contribution in [-0.2, 0) is 4.74 Å². The van der Waals surface area contributed by atoms with Gasteiger partial charge in [0.1, 0.15) is 0 Å². The third-order valence-corrected chi connectivity index (χ3v) is 3.89. The Balaban J connectivity index is 1.89. The molecule has 20 heavy (non-hydrogen) atoms. The number of hydrogen-bond acceptors (Lipinski definition) is 3. The van der Waals surface area contributed by atoms with Gasteiger partial charge >= 0.3 is 0 Å². The average molecular weight is 273 g/mol. The highest BCUT2D eigenvalue weighted by molar-refractivity contribution is 5.98. The van der Waals surface area contributed by atoms with Crippen LogP contribution in [0.2, 0.25) is 0 Å². The molecule has 0 aliphatic carbocycles. The molecule has 1 fully saturated rings. The second-order valence-corrected chi connectivity index (χ2v) is 5.34. The molecule has 1 aliphatic heterocycles. The average Bonchev–Trinajstić information content (AvgIpc) is 2.93. The second kappa shape index (κ2) is 5.25. The van der Waals surface area contributed by atoms with Gasteiger partial charge in [-0.25, -0.2) is 0 Å². The number of carbonyl (C=O) groups excluding carboxylic acids is 1. The van der Waals surface area contributed by atoms with Crippen molar-refractivity contribution in [2.75, 3.05) is 13.2 Å². The van der Waals surface area contributed by atoms with Crippen molar-refractivity contribution in [1.82, 2.24) is 15.1 Å². The lowest BCUT2D eigenvalue weighted by molar-refractivity contribution is -0.0444. The molecule has 1 aromatic carbocycles. The van der Waals surface area contributed by atoms with Crippen LogP contribution >= 0.6 is 0 Å². The van der Waals surface area contributed by atoms with Crippen LogP contribution in [0.15, 0.2) is 24.4 Å². The van der Waals surface area contributed by atoms with Crippen molar-refractivity contribution in [2.45, 2.75) is 32.4 Å². The van der Waals surface area contributed by atoms with Crippen molar-refractivity contribution in [2.24, 2.45) is 0 Å². The summed E-state index contributed by atoms with van der Waals surface area (Å²) in [6.45, 7) is 5.36. The lowest BCUT2D eigenvalue weighted by Gasteiger charge is -2.38. The Morgan fingerprint density at radius 2 is 2.40 bits per heavy atom. The molecule has 0 spiro atoms. The number of ether oxygens (including phenoxy) is 1. The fourth-order valence-corrected chi connectivity index (χ4v) is 2.67. The van der Waals surface area contributed by atoms with Gasteiger partial charge in [-0.15, -0.1) is 0 Å². The van der Waals surface area contributed by atoms with E-state index in [0.29, 0.717) is 18.7 Å². The van der Waals surface area contributed by atoms with Crippen molar-refractivity contribution in [3.05, 3.63) is 30.0 Å². The third-order valence-electron chi connectivity index (χ3n) is 3.89. The first-order chi connectivity index (χ1) is 9.69. The molecule has 2 atom stereocenters. The molecule has 0 radical (unpaired) electrons. The van der Waals surface area contributed by atoms with Crippen molar-refractivity contribution >= 4 is 16.8 Å². The maximum Gasteiger partial charge on any atom is 0.254 e. The Kier molecular flexibility index (Phi) is 3.44. The highest BCUT2D eigenvalue weighted by atomic mass is 16.5.